The highest BCUT2D eigenvalue weighted by molar-refractivity contribution is 5.92. The normalized spacial score (nSPS) is 15.2. The molecular weight excluding hydrogens is 373 g/mol. The molecule has 0 radical (unpaired) electrons. The van der Waals surface area contributed by atoms with Gasteiger partial charge in [-0.1, -0.05) is 0 Å². The summed E-state index contributed by atoms with van der Waals surface area (Å²) in [5.74, 6) is 1.08. The van der Waals surface area contributed by atoms with Crippen LogP contribution < -0.4 is 14.8 Å². The van der Waals surface area contributed by atoms with Crippen molar-refractivity contribution < 1.29 is 18.7 Å². The van der Waals surface area contributed by atoms with Gasteiger partial charge < -0.3 is 14.8 Å². The first-order chi connectivity index (χ1) is 14.0. The van der Waals surface area contributed by atoms with Crippen molar-refractivity contribution >= 4 is 11.6 Å². The molecule has 1 amide bonds. The maximum atomic E-state index is 13.0. The quantitative estimate of drug-likeness (QED) is 0.773. The number of nitrogens with zero attached hydrogens (tertiary/aromatic N) is 2. The molecule has 1 fully saturated rings. The minimum atomic E-state index is -0.316. The second-order valence-corrected chi connectivity index (χ2v) is 7.24. The van der Waals surface area contributed by atoms with Crippen molar-refractivity contribution in [3.8, 4) is 11.5 Å². The molecule has 2 aromatic carbocycles. The van der Waals surface area contributed by atoms with Gasteiger partial charge in [0.05, 0.1) is 20.8 Å². The van der Waals surface area contributed by atoms with Crippen molar-refractivity contribution in [2.75, 3.05) is 52.3 Å². The fourth-order valence-corrected chi connectivity index (χ4v) is 3.48. The van der Waals surface area contributed by atoms with Crippen LogP contribution in [-0.4, -0.2) is 62.7 Å². The first-order valence-electron chi connectivity index (χ1n) is 9.70. The zero-order chi connectivity index (χ0) is 20.8. The van der Waals surface area contributed by atoms with Crippen molar-refractivity contribution in [3.05, 3.63) is 53.3 Å². The lowest BCUT2D eigenvalue weighted by atomic mass is 10.1. The number of benzene rings is 2. The number of ether oxygens (including phenoxy) is 2. The Labute approximate surface area is 171 Å². The number of piperazine rings is 1. The van der Waals surface area contributed by atoms with Gasteiger partial charge in [0.1, 0.15) is 5.82 Å². The van der Waals surface area contributed by atoms with E-state index in [9.17, 15) is 9.18 Å². The number of methoxy groups -OCH3 is 2. The number of carbonyl (C=O) groups is 1. The average Bonchev–Trinajstić information content (AvgIpc) is 2.72. The number of aryl methyl sites for hydroxylation is 1. The van der Waals surface area contributed by atoms with Crippen LogP contribution in [0.4, 0.5) is 10.1 Å². The number of nitrogens with one attached hydrogen (secondary N) is 1. The molecule has 0 atom stereocenters. The lowest BCUT2D eigenvalue weighted by Gasteiger charge is -2.34. The van der Waals surface area contributed by atoms with Gasteiger partial charge in [0.15, 0.2) is 11.5 Å². The molecule has 0 saturated carbocycles. The summed E-state index contributed by atoms with van der Waals surface area (Å²) in [5.41, 5.74) is 2.99. The lowest BCUT2D eigenvalue weighted by Crippen LogP contribution is -2.48. The first kappa shape index (κ1) is 21.1. The molecule has 7 heteroatoms. The van der Waals surface area contributed by atoms with E-state index in [2.05, 4.69) is 22.0 Å². The van der Waals surface area contributed by atoms with E-state index in [0.717, 1.165) is 44.2 Å². The van der Waals surface area contributed by atoms with Gasteiger partial charge in [0, 0.05) is 38.4 Å². The van der Waals surface area contributed by atoms with Crippen LogP contribution in [0.15, 0.2) is 36.4 Å². The van der Waals surface area contributed by atoms with Gasteiger partial charge in [-0.25, -0.2) is 4.39 Å². The van der Waals surface area contributed by atoms with Crippen LogP contribution in [0.2, 0.25) is 0 Å². The van der Waals surface area contributed by atoms with E-state index in [-0.39, 0.29) is 11.7 Å². The molecule has 1 N–H and O–H groups in total. The highest BCUT2D eigenvalue weighted by Gasteiger charge is 2.20. The smallest absolute Gasteiger partial charge is 0.238 e. The van der Waals surface area contributed by atoms with E-state index in [0.29, 0.717) is 12.2 Å². The number of amides is 1. The molecule has 29 heavy (non-hydrogen) atoms. The van der Waals surface area contributed by atoms with Gasteiger partial charge in [-0.15, -0.1) is 0 Å². The van der Waals surface area contributed by atoms with E-state index in [1.54, 1.807) is 26.4 Å². The number of hydrogen-bond acceptors (Lipinski definition) is 5. The summed E-state index contributed by atoms with van der Waals surface area (Å²) in [5, 5.41) is 2.81. The number of halogens is 1. The summed E-state index contributed by atoms with van der Waals surface area (Å²) >= 11 is 0. The Balaban J connectivity index is 1.49. The second kappa shape index (κ2) is 9.71. The van der Waals surface area contributed by atoms with E-state index < -0.39 is 0 Å². The maximum absolute atomic E-state index is 13.0. The van der Waals surface area contributed by atoms with Gasteiger partial charge in [-0.2, -0.15) is 0 Å². The predicted octanol–water partition coefficient (Wildman–Crippen LogP) is 2.91. The zero-order valence-corrected chi connectivity index (χ0v) is 17.2. The number of rotatable bonds is 7. The minimum absolute atomic E-state index is 0.0826. The van der Waals surface area contributed by atoms with Crippen molar-refractivity contribution in [1.29, 1.82) is 0 Å². The highest BCUT2D eigenvalue weighted by Crippen LogP contribution is 2.31. The van der Waals surface area contributed by atoms with Gasteiger partial charge in [-0.05, 0) is 54.4 Å². The van der Waals surface area contributed by atoms with Crippen LogP contribution in [0.5, 0.6) is 11.5 Å². The molecule has 1 saturated heterocycles. The molecule has 0 aromatic heterocycles. The Bertz CT molecular complexity index is 834. The Hall–Kier alpha value is -2.64. The van der Waals surface area contributed by atoms with Crippen molar-refractivity contribution in [2.45, 2.75) is 13.5 Å². The Morgan fingerprint density at radius 2 is 1.59 bits per heavy atom. The second-order valence-electron chi connectivity index (χ2n) is 7.24. The molecule has 6 nitrogen and oxygen atoms in total. The van der Waals surface area contributed by atoms with Crippen molar-refractivity contribution in [3.63, 3.8) is 0 Å². The standard InChI is InChI=1S/C22H28FN3O3/c1-16-12-20(28-2)21(29-3)13-17(16)14-25-8-10-26(11-9-25)15-22(27)24-19-6-4-18(23)5-7-19/h4-7,12-13H,8-11,14-15H2,1-3H3,(H,24,27). The Morgan fingerprint density at radius 1 is 1.00 bits per heavy atom. The van der Waals surface area contributed by atoms with Gasteiger partial charge in [-0.3, -0.25) is 14.6 Å². The maximum Gasteiger partial charge on any atom is 0.238 e. The summed E-state index contributed by atoms with van der Waals surface area (Å²) in [4.78, 5) is 16.7. The van der Waals surface area contributed by atoms with Crippen LogP contribution >= 0.6 is 0 Å². The third kappa shape index (κ3) is 5.68. The summed E-state index contributed by atoms with van der Waals surface area (Å²) < 4.78 is 23.7. The number of hydrogen-bond donors (Lipinski definition) is 1. The zero-order valence-electron chi connectivity index (χ0n) is 17.2. The summed E-state index contributed by atoms with van der Waals surface area (Å²) in [6.07, 6.45) is 0. The Kier molecular flexibility index (Phi) is 7.06. The Morgan fingerprint density at radius 3 is 2.21 bits per heavy atom. The third-order valence-corrected chi connectivity index (χ3v) is 5.20. The van der Waals surface area contributed by atoms with E-state index in [1.807, 2.05) is 12.1 Å². The van der Waals surface area contributed by atoms with Crippen molar-refractivity contribution in [1.82, 2.24) is 9.80 Å². The molecule has 0 spiro atoms. The highest BCUT2D eigenvalue weighted by atomic mass is 19.1. The molecule has 1 heterocycles. The molecule has 0 unspecified atom stereocenters. The van der Waals surface area contributed by atoms with E-state index in [1.165, 1.54) is 23.3 Å². The third-order valence-electron chi connectivity index (χ3n) is 5.20. The topological polar surface area (TPSA) is 54.0 Å². The minimum Gasteiger partial charge on any atom is -0.493 e. The van der Waals surface area contributed by atoms with Crippen LogP contribution in [-0.2, 0) is 11.3 Å². The summed E-state index contributed by atoms with van der Waals surface area (Å²) in [7, 11) is 3.29. The van der Waals surface area contributed by atoms with Crippen LogP contribution in [0.1, 0.15) is 11.1 Å². The van der Waals surface area contributed by atoms with Crippen molar-refractivity contribution in [2.24, 2.45) is 0 Å². The van der Waals surface area contributed by atoms with Crippen LogP contribution in [0, 0.1) is 12.7 Å². The lowest BCUT2D eigenvalue weighted by molar-refractivity contribution is -0.117. The average molecular weight is 401 g/mol. The molecule has 0 aliphatic carbocycles. The fourth-order valence-electron chi connectivity index (χ4n) is 3.48. The number of carbonyl (C=O) groups excluding carboxylic acids is 1. The fraction of sp³-hybridized carbons (Fsp3) is 0.409. The molecular formula is C22H28FN3O3. The molecule has 2 aromatic rings. The molecule has 1 aliphatic heterocycles. The van der Waals surface area contributed by atoms with E-state index >= 15 is 0 Å². The predicted molar refractivity (Wildman–Crippen MR) is 111 cm³/mol. The SMILES string of the molecule is COc1cc(C)c(CN2CCN(CC(=O)Nc3ccc(F)cc3)CC2)cc1OC. The summed E-state index contributed by atoms with van der Waals surface area (Å²) in [6, 6.07) is 9.85. The van der Waals surface area contributed by atoms with Gasteiger partial charge >= 0.3 is 0 Å². The number of anilines is 1. The molecule has 1 aliphatic rings. The molecule has 156 valence electrons. The molecule has 0 bridgehead atoms. The first-order valence-corrected chi connectivity index (χ1v) is 9.70. The molecule has 3 rings (SSSR count). The van der Waals surface area contributed by atoms with Crippen LogP contribution in [0.25, 0.3) is 0 Å². The van der Waals surface area contributed by atoms with E-state index in [4.69, 9.17) is 9.47 Å². The monoisotopic (exact) mass is 401 g/mol. The van der Waals surface area contributed by atoms with Gasteiger partial charge in [0.25, 0.3) is 0 Å². The summed E-state index contributed by atoms with van der Waals surface area (Å²) in [6.45, 7) is 6.66. The van der Waals surface area contributed by atoms with Crippen LogP contribution in [0.3, 0.4) is 0 Å². The van der Waals surface area contributed by atoms with Gasteiger partial charge in [0.2, 0.25) is 5.91 Å². The largest absolute Gasteiger partial charge is 0.493 e.